The summed E-state index contributed by atoms with van der Waals surface area (Å²) in [6, 6.07) is 6.62. The highest BCUT2D eigenvalue weighted by atomic mass is 16.6. The molecule has 2 heterocycles. The summed E-state index contributed by atoms with van der Waals surface area (Å²) in [5.41, 5.74) is 0.0845. The third-order valence-corrected chi connectivity index (χ3v) is 9.15. The normalized spacial score (nSPS) is 23.4. The minimum Gasteiger partial charge on any atom is -0.497 e. The van der Waals surface area contributed by atoms with Crippen molar-refractivity contribution in [1.29, 1.82) is 0 Å². The van der Waals surface area contributed by atoms with E-state index in [0.29, 0.717) is 56.7 Å². The van der Waals surface area contributed by atoms with Gasteiger partial charge in [0, 0.05) is 44.3 Å². The maximum absolute atomic E-state index is 13.8. The number of nitrogens with one attached hydrogen (secondary N) is 1. The Morgan fingerprint density at radius 3 is 2.27 bits per heavy atom. The lowest BCUT2D eigenvalue weighted by atomic mass is 9.81. The van der Waals surface area contributed by atoms with E-state index in [1.54, 1.807) is 21.0 Å². The maximum atomic E-state index is 13.8. The fourth-order valence-corrected chi connectivity index (χ4v) is 6.35. The van der Waals surface area contributed by atoms with Gasteiger partial charge in [0.1, 0.15) is 17.1 Å². The van der Waals surface area contributed by atoms with E-state index in [0.717, 1.165) is 44.1 Å². The quantitative estimate of drug-likeness (QED) is 0.289. The van der Waals surface area contributed by atoms with Crippen LogP contribution in [0.1, 0.15) is 83.6 Å². The lowest BCUT2D eigenvalue weighted by molar-refractivity contribution is -0.134. The second-order valence-corrected chi connectivity index (χ2v) is 12.7. The molecule has 0 spiro atoms. The van der Waals surface area contributed by atoms with Crippen molar-refractivity contribution in [2.24, 2.45) is 23.7 Å². The number of hydrogen-bond acceptors (Lipinski definition) is 7. The minimum absolute atomic E-state index is 0.000600. The minimum atomic E-state index is -0.796. The second kappa shape index (κ2) is 14.5. The Labute approximate surface area is 244 Å². The first-order valence-corrected chi connectivity index (χ1v) is 15.4. The molecule has 3 fully saturated rings. The van der Waals surface area contributed by atoms with Crippen LogP contribution in [0.2, 0.25) is 0 Å². The van der Waals surface area contributed by atoms with Crippen LogP contribution in [0.4, 0.5) is 0 Å². The van der Waals surface area contributed by atoms with Gasteiger partial charge in [-0.25, -0.2) is 0 Å². The van der Waals surface area contributed by atoms with Gasteiger partial charge in [-0.3, -0.25) is 19.2 Å². The van der Waals surface area contributed by atoms with Crippen LogP contribution in [0.5, 0.6) is 5.75 Å². The molecule has 3 aliphatic rings. The molecule has 1 amide bonds. The maximum Gasteiger partial charge on any atom is 0.223 e. The number of Topliss-reactive ketones (excluding diaryl/α,β-unsaturated/α-hetero) is 3. The van der Waals surface area contributed by atoms with Crippen LogP contribution in [0, 0.1) is 23.7 Å². The first-order chi connectivity index (χ1) is 19.7. The Balaban J connectivity index is 1.43. The van der Waals surface area contributed by atoms with Crippen molar-refractivity contribution < 1.29 is 33.4 Å². The molecule has 2 aliphatic heterocycles. The number of carbonyl (C=O) groups is 4. The molecule has 2 saturated heterocycles. The van der Waals surface area contributed by atoms with E-state index in [1.807, 2.05) is 24.3 Å². The number of epoxide rings is 1. The van der Waals surface area contributed by atoms with Gasteiger partial charge in [0.05, 0.1) is 19.8 Å². The van der Waals surface area contributed by atoms with Crippen molar-refractivity contribution in [3.05, 3.63) is 29.8 Å². The molecule has 1 aliphatic carbocycles. The van der Waals surface area contributed by atoms with E-state index in [1.165, 1.54) is 0 Å². The molecular formula is C33H47NO7. The van der Waals surface area contributed by atoms with Crippen LogP contribution < -0.4 is 10.1 Å². The molecule has 1 N–H and O–H groups in total. The van der Waals surface area contributed by atoms with Gasteiger partial charge in [0.2, 0.25) is 5.91 Å². The predicted molar refractivity (Wildman–Crippen MR) is 155 cm³/mol. The summed E-state index contributed by atoms with van der Waals surface area (Å²) in [5.74, 6) is 0.0750. The Kier molecular flexibility index (Phi) is 11.1. The zero-order valence-electron chi connectivity index (χ0n) is 25.0. The molecule has 1 saturated carbocycles. The number of amides is 1. The summed E-state index contributed by atoms with van der Waals surface area (Å²) >= 11 is 0. The highest BCUT2D eigenvalue weighted by Gasteiger charge is 2.50. The topological polar surface area (TPSA) is 111 Å². The molecule has 4 atom stereocenters. The number of methoxy groups -OCH3 is 1. The van der Waals surface area contributed by atoms with Crippen LogP contribution in [0.25, 0.3) is 0 Å². The van der Waals surface area contributed by atoms with Crippen LogP contribution in [-0.2, 0) is 35.1 Å². The van der Waals surface area contributed by atoms with Crippen molar-refractivity contribution in [1.82, 2.24) is 5.32 Å². The highest BCUT2D eigenvalue weighted by molar-refractivity contribution is 5.97. The standard InChI is InChI=1S/C33H47NO7/c1-22(16-27(35)18-25-12-14-40-15-13-25)32(38)34-29(19-24-8-10-28(39-3)11-9-24)30(36)20-26(17-23-6-4-5-7-23)31(37)33(2)21-41-33/h8-11,22-23,25-26,29H,4-7,12-21H2,1-3H3,(H,34,38)/t22-,26-,29+,33-/m1/s1. The molecular weight excluding hydrogens is 522 g/mol. The predicted octanol–water partition coefficient (Wildman–Crippen LogP) is 4.65. The van der Waals surface area contributed by atoms with E-state index in [9.17, 15) is 19.2 Å². The van der Waals surface area contributed by atoms with Crippen molar-refractivity contribution in [3.8, 4) is 5.75 Å². The molecule has 226 valence electrons. The Morgan fingerprint density at radius 1 is 1.00 bits per heavy atom. The number of ketones is 3. The lowest BCUT2D eigenvalue weighted by Gasteiger charge is -2.25. The Morgan fingerprint density at radius 2 is 1.66 bits per heavy atom. The molecule has 41 heavy (non-hydrogen) atoms. The smallest absolute Gasteiger partial charge is 0.223 e. The van der Waals surface area contributed by atoms with E-state index in [4.69, 9.17) is 14.2 Å². The van der Waals surface area contributed by atoms with E-state index < -0.39 is 23.5 Å². The molecule has 0 bridgehead atoms. The second-order valence-electron chi connectivity index (χ2n) is 12.7. The molecule has 4 rings (SSSR count). The first kappa shape index (κ1) is 31.4. The summed E-state index contributed by atoms with van der Waals surface area (Å²) in [6.07, 6.45) is 7.90. The Hall–Kier alpha value is -2.58. The SMILES string of the molecule is COc1ccc(C[C@H](NC(=O)[C@H](C)CC(=O)CC2CCOCC2)C(=O)C[C@@H](CC2CCCC2)C(=O)[C@@]2(C)CO2)cc1. The van der Waals surface area contributed by atoms with Crippen molar-refractivity contribution in [2.45, 2.75) is 96.1 Å². The van der Waals surface area contributed by atoms with Gasteiger partial charge in [0.15, 0.2) is 11.6 Å². The molecule has 0 unspecified atom stereocenters. The van der Waals surface area contributed by atoms with E-state index in [-0.39, 0.29) is 36.1 Å². The van der Waals surface area contributed by atoms with E-state index >= 15 is 0 Å². The van der Waals surface area contributed by atoms with Crippen LogP contribution >= 0.6 is 0 Å². The highest BCUT2D eigenvalue weighted by Crippen LogP contribution is 2.37. The largest absolute Gasteiger partial charge is 0.497 e. The van der Waals surface area contributed by atoms with Crippen LogP contribution in [-0.4, -0.2) is 61.8 Å². The first-order valence-electron chi connectivity index (χ1n) is 15.4. The van der Waals surface area contributed by atoms with Gasteiger partial charge in [-0.1, -0.05) is 44.7 Å². The average Bonchev–Trinajstić information content (AvgIpc) is 3.51. The summed E-state index contributed by atoms with van der Waals surface area (Å²) in [6.45, 7) is 5.30. The van der Waals surface area contributed by atoms with Gasteiger partial charge in [0.25, 0.3) is 0 Å². The van der Waals surface area contributed by atoms with Crippen molar-refractivity contribution in [2.75, 3.05) is 26.9 Å². The van der Waals surface area contributed by atoms with E-state index in [2.05, 4.69) is 5.32 Å². The van der Waals surface area contributed by atoms with Gasteiger partial charge >= 0.3 is 0 Å². The molecule has 8 nitrogen and oxygen atoms in total. The van der Waals surface area contributed by atoms with Gasteiger partial charge < -0.3 is 19.5 Å². The van der Waals surface area contributed by atoms with Crippen LogP contribution in [0.15, 0.2) is 24.3 Å². The van der Waals surface area contributed by atoms with Crippen molar-refractivity contribution >= 4 is 23.3 Å². The number of benzene rings is 1. The Bertz CT molecular complexity index is 1050. The fourth-order valence-electron chi connectivity index (χ4n) is 6.35. The summed E-state index contributed by atoms with van der Waals surface area (Å²) in [7, 11) is 1.60. The number of hydrogen-bond donors (Lipinski definition) is 1. The molecule has 1 aromatic rings. The third-order valence-electron chi connectivity index (χ3n) is 9.15. The number of carbonyl (C=O) groups excluding carboxylic acids is 4. The summed E-state index contributed by atoms with van der Waals surface area (Å²) < 4.78 is 16.1. The molecule has 0 aromatic heterocycles. The zero-order valence-corrected chi connectivity index (χ0v) is 25.0. The molecule has 1 aromatic carbocycles. The van der Waals surface area contributed by atoms with Gasteiger partial charge in [-0.15, -0.1) is 0 Å². The van der Waals surface area contributed by atoms with Gasteiger partial charge in [-0.2, -0.15) is 0 Å². The monoisotopic (exact) mass is 569 g/mol. The zero-order chi connectivity index (χ0) is 29.4. The fraction of sp³-hybridized carbons (Fsp3) is 0.697. The number of rotatable bonds is 16. The number of ether oxygens (including phenoxy) is 3. The molecule has 8 heteroatoms. The molecule has 0 radical (unpaired) electrons. The third kappa shape index (κ3) is 9.20. The lowest BCUT2D eigenvalue weighted by Crippen LogP contribution is -2.46. The van der Waals surface area contributed by atoms with Crippen molar-refractivity contribution in [3.63, 3.8) is 0 Å². The summed E-state index contributed by atoms with van der Waals surface area (Å²) in [4.78, 5) is 53.3. The average molecular weight is 570 g/mol. The van der Waals surface area contributed by atoms with Gasteiger partial charge in [-0.05, 0) is 62.1 Å². The summed E-state index contributed by atoms with van der Waals surface area (Å²) in [5, 5.41) is 2.96. The van der Waals surface area contributed by atoms with Crippen LogP contribution in [0.3, 0.4) is 0 Å².